The summed E-state index contributed by atoms with van der Waals surface area (Å²) >= 11 is 0. The van der Waals surface area contributed by atoms with Crippen molar-refractivity contribution in [2.45, 2.75) is 18.6 Å². The Hall–Kier alpha value is -1.27. The highest BCUT2D eigenvalue weighted by Crippen LogP contribution is 2.35. The van der Waals surface area contributed by atoms with E-state index in [-0.39, 0.29) is 11.3 Å². The molecule has 0 fully saturated rings. The van der Waals surface area contributed by atoms with Crippen molar-refractivity contribution in [1.82, 2.24) is 0 Å². The van der Waals surface area contributed by atoms with E-state index < -0.39 is 23.9 Å². The molecule has 1 atom stereocenters. The lowest BCUT2D eigenvalue weighted by atomic mass is 9.91. The Bertz CT molecular complexity index is 402. The number of aliphatic hydroxyl groups is 1. The predicted molar refractivity (Wildman–Crippen MR) is 56.6 cm³/mol. The van der Waals surface area contributed by atoms with E-state index in [1.165, 1.54) is 20.1 Å². The van der Waals surface area contributed by atoms with Crippen LogP contribution in [0, 0.1) is 0 Å². The van der Waals surface area contributed by atoms with Gasteiger partial charge in [-0.25, -0.2) is 0 Å². The van der Waals surface area contributed by atoms with Crippen LogP contribution < -0.4 is 10.5 Å². The zero-order chi connectivity index (χ0) is 13.3. The van der Waals surface area contributed by atoms with E-state index in [1.807, 2.05) is 0 Å². The number of hydrogen-bond donors (Lipinski definition) is 2. The predicted octanol–water partition coefficient (Wildman–Crippen LogP) is 1.88. The summed E-state index contributed by atoms with van der Waals surface area (Å²) in [6.07, 6.45) is -4.45. The van der Waals surface area contributed by atoms with Crippen molar-refractivity contribution in [2.24, 2.45) is 5.73 Å². The Balaban J connectivity index is 3.35. The van der Waals surface area contributed by atoms with E-state index in [2.05, 4.69) is 0 Å². The lowest BCUT2D eigenvalue weighted by Crippen LogP contribution is -2.37. The summed E-state index contributed by atoms with van der Waals surface area (Å²) in [6, 6.07) is 3.00. The van der Waals surface area contributed by atoms with Crippen molar-refractivity contribution in [3.8, 4) is 5.75 Å². The molecule has 0 bridgehead atoms. The fourth-order valence-corrected chi connectivity index (χ4v) is 1.42. The summed E-state index contributed by atoms with van der Waals surface area (Å²) in [6.45, 7) is 0.954. The molecule has 0 aliphatic heterocycles. The third-order valence-electron chi connectivity index (χ3n) is 2.47. The van der Waals surface area contributed by atoms with Crippen LogP contribution in [0.2, 0.25) is 0 Å². The quantitative estimate of drug-likeness (QED) is 0.860. The van der Waals surface area contributed by atoms with Gasteiger partial charge in [0.1, 0.15) is 5.75 Å². The maximum atomic E-state index is 12.6. The van der Waals surface area contributed by atoms with Crippen LogP contribution in [0.25, 0.3) is 0 Å². The zero-order valence-corrected chi connectivity index (χ0v) is 9.51. The van der Waals surface area contributed by atoms with Crippen molar-refractivity contribution >= 4 is 0 Å². The Morgan fingerprint density at radius 2 is 1.94 bits per heavy atom. The number of methoxy groups -OCH3 is 1. The minimum atomic E-state index is -4.45. The van der Waals surface area contributed by atoms with Crippen molar-refractivity contribution < 1.29 is 23.0 Å². The molecule has 0 aromatic heterocycles. The van der Waals surface area contributed by atoms with Gasteiger partial charge in [0.05, 0.1) is 24.8 Å². The van der Waals surface area contributed by atoms with Crippen LogP contribution in [0.3, 0.4) is 0 Å². The molecule has 3 N–H and O–H groups in total. The molecule has 96 valence electrons. The normalized spacial score (nSPS) is 15.5. The molecule has 0 aliphatic carbocycles. The number of nitrogens with two attached hydrogens (primary N) is 1. The van der Waals surface area contributed by atoms with Gasteiger partial charge in [-0.3, -0.25) is 0 Å². The molecule has 17 heavy (non-hydrogen) atoms. The first-order chi connectivity index (χ1) is 7.72. The molecule has 0 amide bonds. The van der Waals surface area contributed by atoms with Crippen molar-refractivity contribution in [2.75, 3.05) is 13.7 Å². The second-order valence-electron chi connectivity index (χ2n) is 3.99. The van der Waals surface area contributed by atoms with E-state index in [9.17, 15) is 13.2 Å². The van der Waals surface area contributed by atoms with Crippen LogP contribution in [0.15, 0.2) is 18.2 Å². The number of hydrogen-bond acceptors (Lipinski definition) is 3. The van der Waals surface area contributed by atoms with E-state index in [4.69, 9.17) is 15.6 Å². The van der Waals surface area contributed by atoms with Gasteiger partial charge >= 0.3 is 6.18 Å². The first-order valence-corrected chi connectivity index (χ1v) is 4.88. The summed E-state index contributed by atoms with van der Waals surface area (Å²) in [7, 11) is 1.33. The average molecular weight is 249 g/mol. The number of benzene rings is 1. The van der Waals surface area contributed by atoms with Gasteiger partial charge < -0.3 is 15.6 Å². The molecule has 0 spiro atoms. The van der Waals surface area contributed by atoms with E-state index in [1.54, 1.807) is 0 Å². The summed E-state index contributed by atoms with van der Waals surface area (Å²) in [5.41, 5.74) is 3.75. The first kappa shape index (κ1) is 13.8. The maximum absolute atomic E-state index is 12.6. The largest absolute Gasteiger partial charge is 0.496 e. The van der Waals surface area contributed by atoms with Crippen LogP contribution >= 0.6 is 0 Å². The lowest BCUT2D eigenvalue weighted by Gasteiger charge is -2.25. The second kappa shape index (κ2) is 4.54. The molecule has 1 rings (SSSR count). The van der Waals surface area contributed by atoms with Gasteiger partial charge in [0.15, 0.2) is 0 Å². The SMILES string of the molecule is COc1ccc(C(F)(F)F)cc1C(C)(N)CO. The molecular weight excluding hydrogens is 235 g/mol. The number of ether oxygens (including phenoxy) is 1. The third kappa shape index (κ3) is 2.89. The highest BCUT2D eigenvalue weighted by molar-refractivity contribution is 5.42. The minimum Gasteiger partial charge on any atom is -0.496 e. The molecule has 6 heteroatoms. The van der Waals surface area contributed by atoms with Crippen LogP contribution in [-0.2, 0) is 11.7 Å². The van der Waals surface area contributed by atoms with Gasteiger partial charge in [0, 0.05) is 5.56 Å². The standard InChI is InChI=1S/C11H14F3NO2/c1-10(15,6-16)8-5-7(11(12,13)14)3-4-9(8)17-2/h3-5,16H,6,15H2,1-2H3. The van der Waals surface area contributed by atoms with E-state index in [0.29, 0.717) is 0 Å². The lowest BCUT2D eigenvalue weighted by molar-refractivity contribution is -0.137. The van der Waals surface area contributed by atoms with Gasteiger partial charge in [-0.05, 0) is 25.1 Å². The monoisotopic (exact) mass is 249 g/mol. The molecule has 0 saturated heterocycles. The first-order valence-electron chi connectivity index (χ1n) is 4.88. The topological polar surface area (TPSA) is 55.5 Å². The maximum Gasteiger partial charge on any atom is 0.416 e. The highest BCUT2D eigenvalue weighted by Gasteiger charge is 2.33. The number of halogens is 3. The van der Waals surface area contributed by atoms with Gasteiger partial charge in [0.2, 0.25) is 0 Å². The van der Waals surface area contributed by atoms with Gasteiger partial charge in [-0.1, -0.05) is 0 Å². The molecule has 0 aliphatic rings. The Kier molecular flexibility index (Phi) is 3.68. The van der Waals surface area contributed by atoms with E-state index >= 15 is 0 Å². The Morgan fingerprint density at radius 3 is 2.35 bits per heavy atom. The molecule has 1 aromatic carbocycles. The molecule has 0 heterocycles. The fourth-order valence-electron chi connectivity index (χ4n) is 1.42. The average Bonchev–Trinajstić information content (AvgIpc) is 2.27. The van der Waals surface area contributed by atoms with Crippen molar-refractivity contribution in [1.29, 1.82) is 0 Å². The third-order valence-corrected chi connectivity index (χ3v) is 2.47. The molecule has 1 unspecified atom stereocenters. The molecule has 0 saturated carbocycles. The number of aliphatic hydroxyl groups excluding tert-OH is 1. The smallest absolute Gasteiger partial charge is 0.416 e. The Labute approximate surface area is 97.0 Å². The molecule has 1 aromatic rings. The summed E-state index contributed by atoms with van der Waals surface area (Å²) in [4.78, 5) is 0. The fraction of sp³-hybridized carbons (Fsp3) is 0.455. The second-order valence-corrected chi connectivity index (χ2v) is 3.99. The minimum absolute atomic E-state index is 0.123. The van der Waals surface area contributed by atoms with Gasteiger partial charge in [0.25, 0.3) is 0 Å². The Morgan fingerprint density at radius 1 is 1.35 bits per heavy atom. The zero-order valence-electron chi connectivity index (χ0n) is 9.51. The van der Waals surface area contributed by atoms with Crippen LogP contribution in [0.1, 0.15) is 18.1 Å². The van der Waals surface area contributed by atoms with Crippen LogP contribution in [-0.4, -0.2) is 18.8 Å². The summed E-state index contributed by atoms with van der Waals surface area (Å²) in [5, 5.41) is 9.10. The summed E-state index contributed by atoms with van der Waals surface area (Å²) in [5.74, 6) is 0.219. The molecular formula is C11H14F3NO2. The van der Waals surface area contributed by atoms with Crippen LogP contribution in [0.4, 0.5) is 13.2 Å². The van der Waals surface area contributed by atoms with Crippen molar-refractivity contribution in [3.63, 3.8) is 0 Å². The van der Waals surface area contributed by atoms with Gasteiger partial charge in [-0.15, -0.1) is 0 Å². The van der Waals surface area contributed by atoms with Gasteiger partial charge in [-0.2, -0.15) is 13.2 Å². The van der Waals surface area contributed by atoms with Crippen molar-refractivity contribution in [3.05, 3.63) is 29.3 Å². The summed E-state index contributed by atoms with van der Waals surface area (Å²) < 4.78 is 42.6. The molecule has 0 radical (unpaired) electrons. The number of alkyl halides is 3. The molecule has 3 nitrogen and oxygen atoms in total. The number of rotatable bonds is 3. The van der Waals surface area contributed by atoms with E-state index in [0.717, 1.165) is 12.1 Å². The van der Waals surface area contributed by atoms with Crippen LogP contribution in [0.5, 0.6) is 5.75 Å². The highest BCUT2D eigenvalue weighted by atomic mass is 19.4.